The summed E-state index contributed by atoms with van der Waals surface area (Å²) in [7, 11) is 0. The zero-order chi connectivity index (χ0) is 13.0. The summed E-state index contributed by atoms with van der Waals surface area (Å²) in [5.41, 5.74) is 0.867. The molecular formula is C10H9ClN4S3. The Bertz CT molecular complexity index is 540. The average Bonchev–Trinajstić information content (AvgIpc) is 2.79. The lowest BCUT2D eigenvalue weighted by Gasteiger charge is -2.07. The van der Waals surface area contributed by atoms with Crippen LogP contribution in [0.25, 0.3) is 0 Å². The van der Waals surface area contributed by atoms with Crippen molar-refractivity contribution in [3.63, 3.8) is 0 Å². The van der Waals surface area contributed by atoms with E-state index in [1.54, 1.807) is 23.9 Å². The monoisotopic (exact) mass is 316 g/mol. The SMILES string of the molecule is CSc1nnc(NC(=S)Nc2ccc(Cl)cc2)s1. The third-order valence-corrected chi connectivity index (χ3v) is 4.17. The van der Waals surface area contributed by atoms with E-state index < -0.39 is 0 Å². The number of rotatable bonds is 3. The van der Waals surface area contributed by atoms with Gasteiger partial charge in [-0.15, -0.1) is 10.2 Å². The molecule has 2 rings (SSSR count). The largest absolute Gasteiger partial charge is 0.332 e. The average molecular weight is 317 g/mol. The summed E-state index contributed by atoms with van der Waals surface area (Å²) >= 11 is 14.0. The fraction of sp³-hybridized carbons (Fsp3) is 0.100. The number of thioether (sulfide) groups is 1. The van der Waals surface area contributed by atoms with Crippen molar-refractivity contribution in [3.05, 3.63) is 29.3 Å². The van der Waals surface area contributed by atoms with Gasteiger partial charge in [0.15, 0.2) is 9.45 Å². The number of hydrogen-bond acceptors (Lipinski definition) is 5. The molecule has 1 aromatic carbocycles. The molecule has 0 amide bonds. The van der Waals surface area contributed by atoms with E-state index >= 15 is 0 Å². The van der Waals surface area contributed by atoms with Gasteiger partial charge in [0.1, 0.15) is 0 Å². The zero-order valence-electron chi connectivity index (χ0n) is 9.31. The summed E-state index contributed by atoms with van der Waals surface area (Å²) in [5, 5.41) is 15.8. The molecule has 1 aromatic heterocycles. The molecule has 2 aromatic rings. The molecule has 0 saturated carbocycles. The highest BCUT2D eigenvalue weighted by Crippen LogP contribution is 2.23. The molecule has 94 valence electrons. The van der Waals surface area contributed by atoms with Crippen molar-refractivity contribution in [2.45, 2.75) is 4.34 Å². The standard InChI is InChI=1S/C10H9ClN4S3/c1-17-10-15-14-9(18-10)13-8(16)12-7-4-2-6(11)3-5-7/h2-5H,1H3,(H2,12,13,14,16). The van der Waals surface area contributed by atoms with Crippen LogP contribution in [0.4, 0.5) is 10.8 Å². The molecule has 0 aliphatic carbocycles. The number of aromatic nitrogens is 2. The van der Waals surface area contributed by atoms with Crippen LogP contribution in [-0.4, -0.2) is 21.6 Å². The Hall–Kier alpha value is -0.890. The second-order valence-corrected chi connectivity index (χ2v) is 6.04. The van der Waals surface area contributed by atoms with Crippen LogP contribution >= 0.6 is 46.9 Å². The Kier molecular flexibility index (Phi) is 4.76. The number of nitrogens with one attached hydrogen (secondary N) is 2. The molecule has 0 saturated heterocycles. The topological polar surface area (TPSA) is 49.8 Å². The first kappa shape index (κ1) is 13.5. The van der Waals surface area contributed by atoms with Crippen LogP contribution in [0.5, 0.6) is 0 Å². The van der Waals surface area contributed by atoms with Gasteiger partial charge in [0.25, 0.3) is 0 Å². The van der Waals surface area contributed by atoms with Crippen LogP contribution in [0, 0.1) is 0 Å². The highest BCUT2D eigenvalue weighted by atomic mass is 35.5. The van der Waals surface area contributed by atoms with Gasteiger partial charge >= 0.3 is 0 Å². The molecular weight excluding hydrogens is 308 g/mol. The summed E-state index contributed by atoms with van der Waals surface area (Å²) in [6.45, 7) is 0. The predicted octanol–water partition coefficient (Wildman–Crippen LogP) is 3.72. The highest BCUT2D eigenvalue weighted by Gasteiger charge is 2.04. The Morgan fingerprint density at radius 1 is 1.28 bits per heavy atom. The van der Waals surface area contributed by atoms with Crippen molar-refractivity contribution in [2.75, 3.05) is 16.9 Å². The number of halogens is 1. The van der Waals surface area contributed by atoms with Crippen LogP contribution in [-0.2, 0) is 0 Å². The van der Waals surface area contributed by atoms with Crippen LogP contribution in [0.2, 0.25) is 5.02 Å². The van der Waals surface area contributed by atoms with Gasteiger partial charge in [-0.1, -0.05) is 34.7 Å². The Morgan fingerprint density at radius 2 is 2.00 bits per heavy atom. The second-order valence-electron chi connectivity index (χ2n) is 3.16. The minimum Gasteiger partial charge on any atom is -0.332 e. The summed E-state index contributed by atoms with van der Waals surface area (Å²) in [5.74, 6) is 0. The van der Waals surface area contributed by atoms with E-state index in [4.69, 9.17) is 23.8 Å². The molecule has 0 spiro atoms. The van der Waals surface area contributed by atoms with Crippen molar-refractivity contribution < 1.29 is 0 Å². The van der Waals surface area contributed by atoms with Crippen molar-refractivity contribution in [2.24, 2.45) is 0 Å². The van der Waals surface area contributed by atoms with E-state index in [0.29, 0.717) is 15.3 Å². The molecule has 0 radical (unpaired) electrons. The minimum atomic E-state index is 0.473. The number of benzene rings is 1. The fourth-order valence-corrected chi connectivity index (χ4v) is 2.71. The Morgan fingerprint density at radius 3 is 2.61 bits per heavy atom. The normalized spacial score (nSPS) is 10.1. The molecule has 0 atom stereocenters. The molecule has 0 fully saturated rings. The van der Waals surface area contributed by atoms with Gasteiger partial charge in [0.05, 0.1) is 0 Å². The van der Waals surface area contributed by atoms with Crippen LogP contribution in [0.3, 0.4) is 0 Å². The third kappa shape index (κ3) is 3.81. The molecule has 0 bridgehead atoms. The predicted molar refractivity (Wildman–Crippen MR) is 83.0 cm³/mol. The number of nitrogens with zero attached hydrogens (tertiary/aromatic N) is 2. The first-order valence-electron chi connectivity index (χ1n) is 4.88. The quantitative estimate of drug-likeness (QED) is 0.665. The van der Waals surface area contributed by atoms with E-state index in [1.165, 1.54) is 11.3 Å². The first-order valence-corrected chi connectivity index (χ1v) is 7.71. The summed E-state index contributed by atoms with van der Waals surface area (Å²) in [4.78, 5) is 0. The fourth-order valence-electron chi connectivity index (χ4n) is 1.14. The molecule has 0 aliphatic heterocycles. The number of thiocarbonyl (C=S) groups is 1. The smallest absolute Gasteiger partial charge is 0.212 e. The zero-order valence-corrected chi connectivity index (χ0v) is 12.5. The van der Waals surface area contributed by atoms with E-state index in [-0.39, 0.29) is 0 Å². The van der Waals surface area contributed by atoms with Gasteiger partial charge < -0.3 is 10.6 Å². The maximum Gasteiger partial charge on any atom is 0.212 e. The highest BCUT2D eigenvalue weighted by molar-refractivity contribution is 8.00. The molecule has 18 heavy (non-hydrogen) atoms. The summed E-state index contributed by atoms with van der Waals surface area (Å²) in [6, 6.07) is 7.29. The summed E-state index contributed by atoms with van der Waals surface area (Å²) < 4.78 is 0.895. The van der Waals surface area contributed by atoms with Gasteiger partial charge in [-0.2, -0.15) is 0 Å². The van der Waals surface area contributed by atoms with Crippen molar-refractivity contribution >= 4 is 62.8 Å². The van der Waals surface area contributed by atoms with E-state index in [0.717, 1.165) is 10.0 Å². The Labute approximate surface area is 123 Å². The number of anilines is 2. The minimum absolute atomic E-state index is 0.473. The van der Waals surface area contributed by atoms with Gasteiger partial charge in [-0.05, 0) is 42.7 Å². The molecule has 2 N–H and O–H groups in total. The van der Waals surface area contributed by atoms with Gasteiger partial charge in [-0.3, -0.25) is 0 Å². The Balaban J connectivity index is 1.94. The van der Waals surface area contributed by atoms with Crippen LogP contribution in [0.1, 0.15) is 0 Å². The lowest BCUT2D eigenvalue weighted by molar-refractivity contribution is 1.02. The third-order valence-electron chi connectivity index (χ3n) is 1.90. The van der Waals surface area contributed by atoms with Crippen LogP contribution < -0.4 is 10.6 Å². The lowest BCUT2D eigenvalue weighted by Crippen LogP contribution is -2.18. The molecule has 0 aliphatic rings. The first-order chi connectivity index (χ1) is 8.67. The maximum absolute atomic E-state index is 5.80. The van der Waals surface area contributed by atoms with Crippen LogP contribution in [0.15, 0.2) is 28.6 Å². The number of hydrogen-bond donors (Lipinski definition) is 2. The van der Waals surface area contributed by atoms with E-state index in [9.17, 15) is 0 Å². The van der Waals surface area contributed by atoms with Crippen molar-refractivity contribution in [1.82, 2.24) is 10.2 Å². The molecule has 8 heteroatoms. The molecule has 0 unspecified atom stereocenters. The van der Waals surface area contributed by atoms with Crippen molar-refractivity contribution in [1.29, 1.82) is 0 Å². The lowest BCUT2D eigenvalue weighted by atomic mass is 10.3. The molecule has 4 nitrogen and oxygen atoms in total. The van der Waals surface area contributed by atoms with Gasteiger partial charge in [0, 0.05) is 10.7 Å². The maximum atomic E-state index is 5.80. The van der Waals surface area contributed by atoms with Gasteiger partial charge in [-0.25, -0.2) is 0 Å². The summed E-state index contributed by atoms with van der Waals surface area (Å²) in [6.07, 6.45) is 1.95. The van der Waals surface area contributed by atoms with Crippen molar-refractivity contribution in [3.8, 4) is 0 Å². The van der Waals surface area contributed by atoms with E-state index in [2.05, 4.69) is 20.8 Å². The van der Waals surface area contributed by atoms with Gasteiger partial charge in [0.2, 0.25) is 5.13 Å². The van der Waals surface area contributed by atoms with E-state index in [1.807, 2.05) is 18.4 Å². The second kappa shape index (κ2) is 6.33. The molecule has 1 heterocycles.